The summed E-state index contributed by atoms with van der Waals surface area (Å²) in [6, 6.07) is -1.66. The van der Waals surface area contributed by atoms with Crippen molar-refractivity contribution in [1.82, 2.24) is 10.2 Å². The Morgan fingerprint density at radius 2 is 2.38 bits per heavy atom. The molecule has 16 heavy (non-hydrogen) atoms. The fourth-order valence-electron chi connectivity index (χ4n) is 1.37. The molecule has 6 heteroatoms. The quantitative estimate of drug-likeness (QED) is 0.436. The van der Waals surface area contributed by atoms with Gasteiger partial charge < -0.3 is 11.1 Å². The lowest BCUT2D eigenvalue weighted by atomic mass is 10.2. The van der Waals surface area contributed by atoms with Gasteiger partial charge in [-0.05, 0) is 0 Å². The van der Waals surface area contributed by atoms with E-state index in [4.69, 9.17) is 12.2 Å². The Bertz CT molecular complexity index is 372. The standard InChI is InChI=1S/C10H13N3O3/c1-3-4-6(11)9(15)12-7-5-8(14)13(2)10(7)16/h1,6-7H,4-5,11H2,2H3,(H,12,15). The topological polar surface area (TPSA) is 92.5 Å². The van der Waals surface area contributed by atoms with E-state index in [1.165, 1.54) is 7.05 Å². The van der Waals surface area contributed by atoms with Crippen LogP contribution in [-0.2, 0) is 14.4 Å². The Morgan fingerprint density at radius 1 is 1.75 bits per heavy atom. The van der Waals surface area contributed by atoms with E-state index in [-0.39, 0.29) is 18.7 Å². The third kappa shape index (κ3) is 2.38. The number of likely N-dealkylation sites (tertiary alicyclic amines) is 1. The fraction of sp³-hybridized carbons (Fsp3) is 0.500. The van der Waals surface area contributed by atoms with Gasteiger partial charge in [0.2, 0.25) is 11.8 Å². The SMILES string of the molecule is C#CCC(N)C(=O)NC1CC(=O)N(C)C1=O. The minimum Gasteiger partial charge on any atom is -0.342 e. The van der Waals surface area contributed by atoms with Gasteiger partial charge in [0.05, 0.1) is 12.5 Å². The second kappa shape index (κ2) is 4.77. The summed E-state index contributed by atoms with van der Waals surface area (Å²) in [4.78, 5) is 35.0. The molecule has 0 bridgehead atoms. The highest BCUT2D eigenvalue weighted by Crippen LogP contribution is 2.10. The van der Waals surface area contributed by atoms with Crippen LogP contribution in [0.25, 0.3) is 0 Å². The molecule has 0 aromatic rings. The molecule has 6 nitrogen and oxygen atoms in total. The van der Waals surface area contributed by atoms with E-state index in [9.17, 15) is 14.4 Å². The van der Waals surface area contributed by atoms with Gasteiger partial charge in [0.15, 0.2) is 0 Å². The van der Waals surface area contributed by atoms with Crippen molar-refractivity contribution in [3.05, 3.63) is 0 Å². The molecular formula is C10H13N3O3. The monoisotopic (exact) mass is 223 g/mol. The van der Waals surface area contributed by atoms with Gasteiger partial charge in [-0.1, -0.05) is 0 Å². The van der Waals surface area contributed by atoms with Crippen molar-refractivity contribution >= 4 is 17.7 Å². The van der Waals surface area contributed by atoms with E-state index in [0.29, 0.717) is 0 Å². The van der Waals surface area contributed by atoms with E-state index in [1.807, 2.05) is 0 Å². The number of nitrogens with two attached hydrogens (primary N) is 1. The predicted octanol–water partition coefficient (Wildman–Crippen LogP) is -1.79. The number of hydrogen-bond acceptors (Lipinski definition) is 4. The average Bonchev–Trinajstić information content (AvgIpc) is 2.47. The zero-order chi connectivity index (χ0) is 12.3. The van der Waals surface area contributed by atoms with Crippen LogP contribution in [0.1, 0.15) is 12.8 Å². The Balaban J connectivity index is 2.57. The molecule has 1 aliphatic heterocycles. The van der Waals surface area contributed by atoms with Gasteiger partial charge in [0.1, 0.15) is 6.04 Å². The van der Waals surface area contributed by atoms with Crippen molar-refractivity contribution in [1.29, 1.82) is 0 Å². The van der Waals surface area contributed by atoms with Crippen LogP contribution < -0.4 is 11.1 Å². The molecule has 1 heterocycles. The molecule has 0 aromatic heterocycles. The Kier molecular flexibility index (Phi) is 3.64. The van der Waals surface area contributed by atoms with Gasteiger partial charge in [0.25, 0.3) is 5.91 Å². The lowest BCUT2D eigenvalue weighted by Gasteiger charge is -2.13. The van der Waals surface area contributed by atoms with Crippen LogP contribution >= 0.6 is 0 Å². The minimum atomic E-state index is -0.848. The summed E-state index contributed by atoms with van der Waals surface area (Å²) in [6.07, 6.45) is 5.08. The molecule has 2 unspecified atom stereocenters. The van der Waals surface area contributed by atoms with Crippen LogP contribution in [-0.4, -0.2) is 41.8 Å². The lowest BCUT2D eigenvalue weighted by Crippen LogP contribution is -2.47. The number of terminal acetylenes is 1. The number of nitrogens with zero attached hydrogens (tertiary/aromatic N) is 1. The van der Waals surface area contributed by atoms with Crippen LogP contribution in [0.4, 0.5) is 0 Å². The molecule has 0 aliphatic carbocycles. The second-order valence-corrected chi connectivity index (χ2v) is 3.57. The molecule has 1 rings (SSSR count). The molecule has 0 aromatic carbocycles. The molecule has 0 radical (unpaired) electrons. The maximum Gasteiger partial charge on any atom is 0.252 e. The molecule has 0 saturated carbocycles. The van der Waals surface area contributed by atoms with Crippen molar-refractivity contribution in [3.63, 3.8) is 0 Å². The van der Waals surface area contributed by atoms with Gasteiger partial charge in [-0.2, -0.15) is 0 Å². The first-order valence-corrected chi connectivity index (χ1v) is 4.77. The van der Waals surface area contributed by atoms with Crippen molar-refractivity contribution < 1.29 is 14.4 Å². The summed E-state index contributed by atoms with van der Waals surface area (Å²) in [5.74, 6) is 0.996. The number of carbonyl (C=O) groups is 3. The lowest BCUT2D eigenvalue weighted by molar-refractivity contribution is -0.138. The molecule has 1 fully saturated rings. The summed E-state index contributed by atoms with van der Waals surface area (Å²) < 4.78 is 0. The number of nitrogens with one attached hydrogen (secondary N) is 1. The highest BCUT2D eigenvalue weighted by atomic mass is 16.2. The minimum absolute atomic E-state index is 0.0240. The van der Waals surface area contributed by atoms with Crippen LogP contribution in [0, 0.1) is 12.3 Å². The maximum absolute atomic E-state index is 11.4. The Morgan fingerprint density at radius 3 is 2.81 bits per heavy atom. The van der Waals surface area contributed by atoms with Crippen LogP contribution in [0.15, 0.2) is 0 Å². The van der Waals surface area contributed by atoms with Crippen LogP contribution in [0.5, 0.6) is 0 Å². The molecule has 1 aliphatic rings. The smallest absolute Gasteiger partial charge is 0.252 e. The third-order valence-electron chi connectivity index (χ3n) is 2.37. The summed E-state index contributed by atoms with van der Waals surface area (Å²) >= 11 is 0. The third-order valence-corrected chi connectivity index (χ3v) is 2.37. The summed E-state index contributed by atoms with van der Waals surface area (Å²) in [5, 5.41) is 2.40. The van der Waals surface area contributed by atoms with Gasteiger partial charge in [-0.3, -0.25) is 19.3 Å². The summed E-state index contributed by atoms with van der Waals surface area (Å²) in [6.45, 7) is 0. The highest BCUT2D eigenvalue weighted by Gasteiger charge is 2.37. The van der Waals surface area contributed by atoms with Gasteiger partial charge in [-0.15, -0.1) is 12.3 Å². The fourth-order valence-corrected chi connectivity index (χ4v) is 1.37. The number of imide groups is 1. The number of hydrogen-bond donors (Lipinski definition) is 2. The second-order valence-electron chi connectivity index (χ2n) is 3.57. The van der Waals surface area contributed by atoms with Crippen molar-refractivity contribution in [3.8, 4) is 12.3 Å². The molecular weight excluding hydrogens is 210 g/mol. The largest absolute Gasteiger partial charge is 0.342 e. The summed E-state index contributed by atoms with van der Waals surface area (Å²) in [7, 11) is 1.37. The number of rotatable bonds is 3. The molecule has 3 amide bonds. The summed E-state index contributed by atoms with van der Waals surface area (Å²) in [5.41, 5.74) is 5.46. The van der Waals surface area contributed by atoms with E-state index < -0.39 is 23.9 Å². The Hall–Kier alpha value is -1.87. The first-order valence-electron chi connectivity index (χ1n) is 4.77. The first-order chi connectivity index (χ1) is 7.47. The van der Waals surface area contributed by atoms with Crippen LogP contribution in [0.2, 0.25) is 0 Å². The van der Waals surface area contributed by atoms with Gasteiger partial charge in [0, 0.05) is 13.5 Å². The zero-order valence-corrected chi connectivity index (χ0v) is 8.90. The van der Waals surface area contributed by atoms with E-state index in [2.05, 4.69) is 11.2 Å². The van der Waals surface area contributed by atoms with Crippen molar-refractivity contribution in [2.24, 2.45) is 5.73 Å². The van der Waals surface area contributed by atoms with Crippen molar-refractivity contribution in [2.45, 2.75) is 24.9 Å². The van der Waals surface area contributed by atoms with E-state index in [1.54, 1.807) is 0 Å². The molecule has 1 saturated heterocycles. The molecule has 2 atom stereocenters. The highest BCUT2D eigenvalue weighted by molar-refractivity contribution is 6.06. The van der Waals surface area contributed by atoms with Gasteiger partial charge >= 0.3 is 0 Å². The van der Waals surface area contributed by atoms with Gasteiger partial charge in [-0.25, -0.2) is 0 Å². The van der Waals surface area contributed by atoms with E-state index >= 15 is 0 Å². The average molecular weight is 223 g/mol. The first kappa shape index (κ1) is 12.2. The molecule has 86 valence electrons. The predicted molar refractivity (Wildman–Crippen MR) is 55.8 cm³/mol. The number of amides is 3. The van der Waals surface area contributed by atoms with E-state index in [0.717, 1.165) is 4.90 Å². The molecule has 3 N–H and O–H groups in total. The van der Waals surface area contributed by atoms with Crippen molar-refractivity contribution in [2.75, 3.05) is 7.05 Å². The molecule has 0 spiro atoms. The number of likely N-dealkylation sites (N-methyl/N-ethyl adjacent to an activating group) is 1. The Labute approximate surface area is 93.2 Å². The normalized spacial score (nSPS) is 21.8. The number of carbonyl (C=O) groups excluding carboxylic acids is 3. The zero-order valence-electron chi connectivity index (χ0n) is 8.90. The van der Waals surface area contributed by atoms with Crippen LogP contribution in [0.3, 0.4) is 0 Å². The maximum atomic E-state index is 11.4.